The molecule has 1 aromatic carbocycles. The summed E-state index contributed by atoms with van der Waals surface area (Å²) in [6.07, 6.45) is 6.54. The van der Waals surface area contributed by atoms with Crippen molar-refractivity contribution in [1.29, 1.82) is 0 Å². The molecule has 3 N–H and O–H groups in total. The molecule has 4 nitrogen and oxygen atoms in total. The zero-order valence-electron chi connectivity index (χ0n) is 10.2. The Labute approximate surface area is 106 Å². The molecule has 1 aromatic heterocycles. The molecule has 4 heteroatoms. The minimum absolute atomic E-state index is 0.100. The van der Waals surface area contributed by atoms with Gasteiger partial charge in [0, 0.05) is 28.8 Å². The van der Waals surface area contributed by atoms with Crippen LogP contribution in [0.3, 0.4) is 0 Å². The zero-order valence-corrected chi connectivity index (χ0v) is 10.2. The van der Waals surface area contributed by atoms with Crippen LogP contribution in [0.4, 0.5) is 10.5 Å². The van der Waals surface area contributed by atoms with Crippen LogP contribution in [-0.4, -0.2) is 17.1 Å². The van der Waals surface area contributed by atoms with E-state index in [1.165, 1.54) is 12.8 Å². The highest BCUT2D eigenvalue weighted by atomic mass is 16.2. The number of H-pyrrole nitrogens is 1. The molecule has 0 radical (unpaired) electrons. The SMILES string of the molecule is O=C(Nc1ccc2[nH]ccc2c1)NC1CCCC1. The lowest BCUT2D eigenvalue weighted by atomic mass is 10.2. The number of rotatable bonds is 2. The topological polar surface area (TPSA) is 56.9 Å². The van der Waals surface area contributed by atoms with Gasteiger partial charge in [0.25, 0.3) is 0 Å². The van der Waals surface area contributed by atoms with Crippen molar-refractivity contribution in [1.82, 2.24) is 10.3 Å². The predicted octanol–water partition coefficient (Wildman–Crippen LogP) is 3.23. The maximum atomic E-state index is 11.8. The number of amides is 2. The third-order valence-electron chi connectivity index (χ3n) is 3.50. The maximum Gasteiger partial charge on any atom is 0.319 e. The summed E-state index contributed by atoms with van der Waals surface area (Å²) in [5.74, 6) is 0. The fourth-order valence-corrected chi connectivity index (χ4v) is 2.55. The number of nitrogens with one attached hydrogen (secondary N) is 3. The number of fused-ring (bicyclic) bond motifs is 1. The van der Waals surface area contributed by atoms with E-state index in [2.05, 4.69) is 15.6 Å². The van der Waals surface area contributed by atoms with Crippen molar-refractivity contribution >= 4 is 22.6 Å². The number of carbonyl (C=O) groups excluding carboxylic acids is 1. The van der Waals surface area contributed by atoms with Crippen molar-refractivity contribution in [3.05, 3.63) is 30.5 Å². The van der Waals surface area contributed by atoms with Gasteiger partial charge in [-0.05, 0) is 37.1 Å². The molecule has 0 saturated heterocycles. The van der Waals surface area contributed by atoms with Crippen LogP contribution < -0.4 is 10.6 Å². The van der Waals surface area contributed by atoms with E-state index in [-0.39, 0.29) is 6.03 Å². The number of aromatic nitrogens is 1. The van der Waals surface area contributed by atoms with Crippen LogP contribution >= 0.6 is 0 Å². The number of hydrogen-bond acceptors (Lipinski definition) is 1. The molecule has 0 aliphatic heterocycles. The number of carbonyl (C=O) groups is 1. The molecule has 1 aliphatic rings. The Kier molecular flexibility index (Phi) is 2.92. The molecule has 1 heterocycles. The second-order valence-corrected chi connectivity index (χ2v) is 4.86. The Morgan fingerprint density at radius 1 is 1.22 bits per heavy atom. The third-order valence-corrected chi connectivity index (χ3v) is 3.50. The summed E-state index contributed by atoms with van der Waals surface area (Å²) in [5.41, 5.74) is 1.91. The number of aromatic amines is 1. The van der Waals surface area contributed by atoms with Crippen LogP contribution in [0.25, 0.3) is 10.9 Å². The number of urea groups is 1. The molecule has 0 atom stereocenters. The van der Waals surface area contributed by atoms with E-state index in [0.29, 0.717) is 6.04 Å². The summed E-state index contributed by atoms with van der Waals surface area (Å²) >= 11 is 0. The summed E-state index contributed by atoms with van der Waals surface area (Å²) in [7, 11) is 0. The summed E-state index contributed by atoms with van der Waals surface area (Å²) in [6, 6.07) is 8.10. The largest absolute Gasteiger partial charge is 0.361 e. The molecular weight excluding hydrogens is 226 g/mol. The van der Waals surface area contributed by atoms with Gasteiger partial charge in [-0.25, -0.2) is 4.79 Å². The van der Waals surface area contributed by atoms with Crippen LogP contribution in [0.1, 0.15) is 25.7 Å². The third kappa shape index (κ3) is 2.32. The summed E-state index contributed by atoms with van der Waals surface area (Å²) in [5, 5.41) is 7.00. The van der Waals surface area contributed by atoms with E-state index in [4.69, 9.17) is 0 Å². The first-order chi connectivity index (χ1) is 8.81. The molecular formula is C14H17N3O. The maximum absolute atomic E-state index is 11.8. The monoisotopic (exact) mass is 243 g/mol. The first kappa shape index (κ1) is 11.1. The first-order valence-electron chi connectivity index (χ1n) is 6.46. The quantitative estimate of drug-likeness (QED) is 0.745. The number of anilines is 1. The fraction of sp³-hybridized carbons (Fsp3) is 0.357. The van der Waals surface area contributed by atoms with Crippen LogP contribution in [0.5, 0.6) is 0 Å². The van der Waals surface area contributed by atoms with Crippen molar-refractivity contribution in [2.24, 2.45) is 0 Å². The van der Waals surface area contributed by atoms with Gasteiger partial charge in [0.2, 0.25) is 0 Å². The van der Waals surface area contributed by atoms with Crippen LogP contribution in [0, 0.1) is 0 Å². The normalized spacial score (nSPS) is 16.0. The Morgan fingerprint density at radius 2 is 2.06 bits per heavy atom. The Balaban J connectivity index is 1.65. The van der Waals surface area contributed by atoms with Crippen molar-refractivity contribution in [3.8, 4) is 0 Å². The lowest BCUT2D eigenvalue weighted by Gasteiger charge is -2.12. The summed E-state index contributed by atoms with van der Waals surface area (Å²) in [6.45, 7) is 0. The molecule has 1 aliphatic carbocycles. The molecule has 0 unspecified atom stereocenters. The van der Waals surface area contributed by atoms with E-state index < -0.39 is 0 Å². The van der Waals surface area contributed by atoms with Crippen LogP contribution in [0.15, 0.2) is 30.5 Å². The van der Waals surface area contributed by atoms with Gasteiger partial charge in [0.05, 0.1) is 0 Å². The minimum atomic E-state index is -0.100. The molecule has 3 rings (SSSR count). The molecule has 94 valence electrons. The number of hydrogen-bond donors (Lipinski definition) is 3. The average molecular weight is 243 g/mol. The second kappa shape index (κ2) is 4.72. The van der Waals surface area contributed by atoms with Gasteiger partial charge in [0.15, 0.2) is 0 Å². The fourth-order valence-electron chi connectivity index (χ4n) is 2.55. The Hall–Kier alpha value is -1.97. The highest BCUT2D eigenvalue weighted by Crippen LogP contribution is 2.19. The molecule has 18 heavy (non-hydrogen) atoms. The lowest BCUT2D eigenvalue weighted by Crippen LogP contribution is -2.36. The zero-order chi connectivity index (χ0) is 12.4. The van der Waals surface area contributed by atoms with E-state index in [1.807, 2.05) is 30.5 Å². The standard InChI is InChI=1S/C14H17N3O/c18-14(16-11-3-1-2-4-11)17-12-5-6-13-10(9-12)7-8-15-13/h5-9,11,15H,1-4H2,(H2,16,17,18). The molecule has 0 spiro atoms. The van der Waals surface area contributed by atoms with Gasteiger partial charge < -0.3 is 15.6 Å². The highest BCUT2D eigenvalue weighted by Gasteiger charge is 2.16. The summed E-state index contributed by atoms with van der Waals surface area (Å²) in [4.78, 5) is 14.9. The number of benzene rings is 1. The smallest absolute Gasteiger partial charge is 0.319 e. The predicted molar refractivity (Wildman–Crippen MR) is 72.7 cm³/mol. The van der Waals surface area contributed by atoms with Crippen LogP contribution in [0.2, 0.25) is 0 Å². The van der Waals surface area contributed by atoms with E-state index in [9.17, 15) is 4.79 Å². The molecule has 1 saturated carbocycles. The van der Waals surface area contributed by atoms with Gasteiger partial charge in [0.1, 0.15) is 0 Å². The van der Waals surface area contributed by atoms with Gasteiger partial charge in [-0.3, -0.25) is 0 Å². The van der Waals surface area contributed by atoms with Gasteiger partial charge in [-0.15, -0.1) is 0 Å². The van der Waals surface area contributed by atoms with Gasteiger partial charge in [-0.2, -0.15) is 0 Å². The molecule has 0 bridgehead atoms. The van der Waals surface area contributed by atoms with Crippen molar-refractivity contribution in [2.75, 3.05) is 5.32 Å². The Bertz CT molecular complexity index is 555. The van der Waals surface area contributed by atoms with Crippen molar-refractivity contribution < 1.29 is 4.79 Å². The molecule has 2 amide bonds. The second-order valence-electron chi connectivity index (χ2n) is 4.86. The molecule has 1 fully saturated rings. The van der Waals surface area contributed by atoms with Gasteiger partial charge in [-0.1, -0.05) is 12.8 Å². The van der Waals surface area contributed by atoms with E-state index in [0.717, 1.165) is 29.4 Å². The van der Waals surface area contributed by atoms with Crippen molar-refractivity contribution in [3.63, 3.8) is 0 Å². The average Bonchev–Trinajstić information content (AvgIpc) is 2.98. The van der Waals surface area contributed by atoms with Crippen molar-refractivity contribution in [2.45, 2.75) is 31.7 Å². The van der Waals surface area contributed by atoms with E-state index >= 15 is 0 Å². The Morgan fingerprint density at radius 3 is 2.89 bits per heavy atom. The molecule has 2 aromatic rings. The van der Waals surface area contributed by atoms with Gasteiger partial charge >= 0.3 is 6.03 Å². The minimum Gasteiger partial charge on any atom is -0.361 e. The highest BCUT2D eigenvalue weighted by molar-refractivity contribution is 5.92. The lowest BCUT2D eigenvalue weighted by molar-refractivity contribution is 0.248. The first-order valence-corrected chi connectivity index (χ1v) is 6.46. The summed E-state index contributed by atoms with van der Waals surface area (Å²) < 4.78 is 0. The van der Waals surface area contributed by atoms with Crippen LogP contribution in [-0.2, 0) is 0 Å². The van der Waals surface area contributed by atoms with E-state index in [1.54, 1.807) is 0 Å².